The van der Waals surface area contributed by atoms with Crippen molar-refractivity contribution in [2.45, 2.75) is 19.4 Å². The zero-order valence-electron chi connectivity index (χ0n) is 13.0. The minimum Gasteiger partial charge on any atom is -0.373 e. The first-order valence-electron chi connectivity index (χ1n) is 7.79. The van der Waals surface area contributed by atoms with Crippen LogP contribution in [0.5, 0.6) is 0 Å². The minimum atomic E-state index is -0.262. The second kappa shape index (κ2) is 6.79. The standard InChI is InChI=1S/C18H20N2O3/c1-12-9-15(10-16(21)20-12)18(22)19-11-14-7-8-23-17(14)13-5-3-2-4-6-13/h2-6,9-10,14,17H,7-8,11H2,1H3,(H,19,22)(H,20,21)/t14-,17-/m0/s1. The van der Waals surface area contributed by atoms with Crippen LogP contribution in [-0.2, 0) is 4.74 Å². The van der Waals surface area contributed by atoms with Crippen LogP contribution in [0.2, 0.25) is 0 Å². The van der Waals surface area contributed by atoms with E-state index in [-0.39, 0.29) is 23.5 Å². The Labute approximate surface area is 134 Å². The largest absolute Gasteiger partial charge is 0.373 e. The predicted octanol–water partition coefficient (Wildman–Crippen LogP) is 2.19. The van der Waals surface area contributed by atoms with Crippen molar-refractivity contribution in [3.63, 3.8) is 0 Å². The Bertz CT molecular complexity index is 739. The van der Waals surface area contributed by atoms with E-state index in [4.69, 9.17) is 4.74 Å². The first-order chi connectivity index (χ1) is 11.1. The van der Waals surface area contributed by atoms with E-state index in [1.165, 1.54) is 6.07 Å². The van der Waals surface area contributed by atoms with Crippen LogP contribution < -0.4 is 10.9 Å². The molecule has 120 valence electrons. The SMILES string of the molecule is Cc1cc(C(=O)NC[C@@H]2CCO[C@H]2c2ccccc2)cc(=O)[nH]1. The van der Waals surface area contributed by atoms with Gasteiger partial charge in [0.15, 0.2) is 0 Å². The Morgan fingerprint density at radius 2 is 2.09 bits per heavy atom. The molecule has 0 bridgehead atoms. The number of hydrogen-bond acceptors (Lipinski definition) is 3. The smallest absolute Gasteiger partial charge is 0.251 e. The number of aryl methyl sites for hydroxylation is 1. The van der Waals surface area contributed by atoms with Gasteiger partial charge < -0.3 is 15.0 Å². The molecule has 23 heavy (non-hydrogen) atoms. The second-order valence-electron chi connectivity index (χ2n) is 5.88. The number of pyridine rings is 1. The van der Waals surface area contributed by atoms with Gasteiger partial charge in [-0.15, -0.1) is 0 Å². The maximum Gasteiger partial charge on any atom is 0.251 e. The maximum atomic E-state index is 12.2. The van der Waals surface area contributed by atoms with E-state index in [1.54, 1.807) is 13.0 Å². The third-order valence-electron chi connectivity index (χ3n) is 4.11. The highest BCUT2D eigenvalue weighted by Crippen LogP contribution is 2.33. The quantitative estimate of drug-likeness (QED) is 0.909. The van der Waals surface area contributed by atoms with Gasteiger partial charge in [-0.3, -0.25) is 9.59 Å². The molecule has 2 heterocycles. The van der Waals surface area contributed by atoms with E-state index in [2.05, 4.69) is 10.3 Å². The van der Waals surface area contributed by atoms with E-state index in [9.17, 15) is 9.59 Å². The van der Waals surface area contributed by atoms with Gasteiger partial charge in [0, 0.05) is 36.4 Å². The number of benzene rings is 1. The number of amides is 1. The van der Waals surface area contributed by atoms with Gasteiger partial charge >= 0.3 is 0 Å². The highest BCUT2D eigenvalue weighted by molar-refractivity contribution is 5.94. The van der Waals surface area contributed by atoms with Crippen LogP contribution in [0.4, 0.5) is 0 Å². The summed E-state index contributed by atoms with van der Waals surface area (Å²) in [4.78, 5) is 26.3. The van der Waals surface area contributed by atoms with Crippen LogP contribution in [0.1, 0.15) is 34.1 Å². The zero-order chi connectivity index (χ0) is 16.2. The molecule has 2 N–H and O–H groups in total. The number of hydrogen-bond donors (Lipinski definition) is 2. The molecule has 0 saturated carbocycles. The van der Waals surface area contributed by atoms with Crippen molar-refractivity contribution in [1.82, 2.24) is 10.3 Å². The highest BCUT2D eigenvalue weighted by Gasteiger charge is 2.29. The molecule has 2 atom stereocenters. The molecule has 5 heteroatoms. The summed E-state index contributed by atoms with van der Waals surface area (Å²) >= 11 is 0. The molecule has 0 aliphatic carbocycles. The molecule has 0 unspecified atom stereocenters. The Morgan fingerprint density at radius 1 is 1.30 bits per heavy atom. The van der Waals surface area contributed by atoms with Gasteiger partial charge in [-0.25, -0.2) is 0 Å². The van der Waals surface area contributed by atoms with Crippen LogP contribution in [0.3, 0.4) is 0 Å². The predicted molar refractivity (Wildman–Crippen MR) is 87.4 cm³/mol. The number of carbonyl (C=O) groups is 1. The number of aromatic amines is 1. The number of H-pyrrole nitrogens is 1. The van der Waals surface area contributed by atoms with Gasteiger partial charge in [0.25, 0.3) is 5.91 Å². The Kier molecular flexibility index (Phi) is 4.57. The van der Waals surface area contributed by atoms with Crippen molar-refractivity contribution in [1.29, 1.82) is 0 Å². The summed E-state index contributed by atoms with van der Waals surface area (Å²) in [5, 5.41) is 2.92. The lowest BCUT2D eigenvalue weighted by Crippen LogP contribution is -2.31. The topological polar surface area (TPSA) is 71.2 Å². The Balaban J connectivity index is 1.65. The van der Waals surface area contributed by atoms with Crippen molar-refractivity contribution < 1.29 is 9.53 Å². The minimum absolute atomic E-state index is 0.0115. The summed E-state index contributed by atoms with van der Waals surface area (Å²) < 4.78 is 5.82. The van der Waals surface area contributed by atoms with Gasteiger partial charge in [-0.2, -0.15) is 0 Å². The summed E-state index contributed by atoms with van der Waals surface area (Å²) in [6.45, 7) is 2.99. The number of carbonyl (C=O) groups excluding carboxylic acids is 1. The van der Waals surface area contributed by atoms with Crippen molar-refractivity contribution in [2.75, 3.05) is 13.2 Å². The molecule has 0 radical (unpaired) electrons. The molecule has 3 rings (SSSR count). The normalized spacial score (nSPS) is 20.4. The van der Waals surface area contributed by atoms with E-state index < -0.39 is 0 Å². The molecule has 1 amide bonds. The molecule has 5 nitrogen and oxygen atoms in total. The van der Waals surface area contributed by atoms with E-state index >= 15 is 0 Å². The Hall–Kier alpha value is -2.40. The first kappa shape index (κ1) is 15.5. The second-order valence-corrected chi connectivity index (χ2v) is 5.88. The molecule has 1 aromatic heterocycles. The lowest BCUT2D eigenvalue weighted by atomic mass is 9.95. The average Bonchev–Trinajstić information content (AvgIpc) is 3.01. The molecule has 1 aliphatic heterocycles. The van der Waals surface area contributed by atoms with Crippen LogP contribution >= 0.6 is 0 Å². The van der Waals surface area contributed by atoms with Crippen molar-refractivity contribution in [3.05, 3.63) is 69.6 Å². The van der Waals surface area contributed by atoms with Crippen molar-refractivity contribution in [3.8, 4) is 0 Å². The van der Waals surface area contributed by atoms with Crippen LogP contribution in [0, 0.1) is 12.8 Å². The number of rotatable bonds is 4. The Morgan fingerprint density at radius 3 is 2.83 bits per heavy atom. The lowest BCUT2D eigenvalue weighted by Gasteiger charge is -2.19. The molecule has 2 aromatic rings. The zero-order valence-corrected chi connectivity index (χ0v) is 13.0. The van der Waals surface area contributed by atoms with Gasteiger partial charge in [-0.05, 0) is 25.0 Å². The molecule has 1 aliphatic rings. The fraction of sp³-hybridized carbons (Fsp3) is 0.333. The number of aromatic nitrogens is 1. The summed E-state index contributed by atoms with van der Waals surface area (Å²) in [7, 11) is 0. The molecular weight excluding hydrogens is 292 g/mol. The van der Waals surface area contributed by atoms with E-state index in [0.29, 0.717) is 24.4 Å². The highest BCUT2D eigenvalue weighted by atomic mass is 16.5. The van der Waals surface area contributed by atoms with E-state index in [1.807, 2.05) is 30.3 Å². The van der Waals surface area contributed by atoms with Gasteiger partial charge in [0.05, 0.1) is 6.10 Å². The van der Waals surface area contributed by atoms with E-state index in [0.717, 1.165) is 12.0 Å². The lowest BCUT2D eigenvalue weighted by molar-refractivity contribution is 0.0846. The first-order valence-corrected chi connectivity index (χ1v) is 7.79. The number of nitrogens with one attached hydrogen (secondary N) is 2. The summed E-state index contributed by atoms with van der Waals surface area (Å²) in [6, 6.07) is 13.1. The molecule has 0 spiro atoms. The van der Waals surface area contributed by atoms with Gasteiger partial charge in [0.1, 0.15) is 0 Å². The molecule has 1 saturated heterocycles. The monoisotopic (exact) mass is 312 g/mol. The fourth-order valence-electron chi connectivity index (χ4n) is 2.99. The summed E-state index contributed by atoms with van der Waals surface area (Å²) in [5.41, 5.74) is 1.94. The average molecular weight is 312 g/mol. The molecule has 1 aromatic carbocycles. The fourth-order valence-corrected chi connectivity index (χ4v) is 2.99. The van der Waals surface area contributed by atoms with Crippen molar-refractivity contribution in [2.24, 2.45) is 5.92 Å². The third-order valence-corrected chi connectivity index (χ3v) is 4.11. The molecular formula is C18H20N2O3. The summed E-state index contributed by atoms with van der Waals surface area (Å²) in [5.74, 6) is 0.0161. The van der Waals surface area contributed by atoms with Crippen LogP contribution in [-0.4, -0.2) is 24.0 Å². The van der Waals surface area contributed by atoms with Gasteiger partial charge in [0.2, 0.25) is 5.56 Å². The van der Waals surface area contributed by atoms with Crippen LogP contribution in [0.25, 0.3) is 0 Å². The van der Waals surface area contributed by atoms with Gasteiger partial charge in [-0.1, -0.05) is 30.3 Å². The van der Waals surface area contributed by atoms with Crippen molar-refractivity contribution >= 4 is 5.91 Å². The maximum absolute atomic E-state index is 12.2. The number of ether oxygens (including phenoxy) is 1. The third kappa shape index (κ3) is 3.68. The summed E-state index contributed by atoms with van der Waals surface area (Å²) in [6.07, 6.45) is 0.922. The molecule has 1 fully saturated rings. The van der Waals surface area contributed by atoms with Crippen LogP contribution in [0.15, 0.2) is 47.3 Å².